The molecule has 0 radical (unpaired) electrons. The molecule has 0 aliphatic carbocycles. The zero-order chi connectivity index (χ0) is 13.4. The second kappa shape index (κ2) is 7.62. The molecular formula is C12H18N2O4. The van der Waals surface area contributed by atoms with E-state index in [0.29, 0.717) is 25.4 Å². The van der Waals surface area contributed by atoms with E-state index in [-0.39, 0.29) is 12.3 Å². The third-order valence-electron chi connectivity index (χ3n) is 2.37. The smallest absolute Gasteiger partial charge is 0.292 e. The maximum Gasteiger partial charge on any atom is 0.292 e. The van der Waals surface area contributed by atoms with Crippen molar-refractivity contribution in [2.75, 3.05) is 31.7 Å². The Hall–Kier alpha value is -1.66. The Balaban J connectivity index is 2.45. The van der Waals surface area contributed by atoms with Crippen molar-refractivity contribution in [3.8, 4) is 0 Å². The van der Waals surface area contributed by atoms with Crippen LogP contribution in [0.4, 0.5) is 11.4 Å². The number of aliphatic hydroxyl groups is 1. The van der Waals surface area contributed by atoms with Crippen LogP contribution in [-0.4, -0.2) is 36.4 Å². The van der Waals surface area contributed by atoms with Crippen LogP contribution in [0.5, 0.6) is 0 Å². The molecule has 100 valence electrons. The summed E-state index contributed by atoms with van der Waals surface area (Å²) in [5.41, 5.74) is 1.58. The number of rotatable bonds is 8. The zero-order valence-electron chi connectivity index (χ0n) is 10.4. The van der Waals surface area contributed by atoms with Crippen LogP contribution in [0.3, 0.4) is 0 Å². The number of nitro groups is 1. The third-order valence-corrected chi connectivity index (χ3v) is 2.37. The van der Waals surface area contributed by atoms with Crippen LogP contribution in [0.25, 0.3) is 0 Å². The fraction of sp³-hybridized carbons (Fsp3) is 0.500. The first kappa shape index (κ1) is 14.4. The van der Waals surface area contributed by atoms with E-state index in [2.05, 4.69) is 5.32 Å². The summed E-state index contributed by atoms with van der Waals surface area (Å²) < 4.78 is 5.10. The summed E-state index contributed by atoms with van der Waals surface area (Å²) >= 11 is 0. The van der Waals surface area contributed by atoms with Gasteiger partial charge in [0.1, 0.15) is 5.69 Å². The minimum atomic E-state index is -0.399. The normalized spacial score (nSPS) is 10.3. The van der Waals surface area contributed by atoms with E-state index in [1.165, 1.54) is 6.07 Å². The van der Waals surface area contributed by atoms with E-state index in [0.717, 1.165) is 12.0 Å². The zero-order valence-corrected chi connectivity index (χ0v) is 10.4. The van der Waals surface area contributed by atoms with Crippen molar-refractivity contribution in [2.45, 2.75) is 13.3 Å². The van der Waals surface area contributed by atoms with Gasteiger partial charge in [0.25, 0.3) is 5.69 Å². The van der Waals surface area contributed by atoms with Crippen LogP contribution in [0.1, 0.15) is 12.0 Å². The highest BCUT2D eigenvalue weighted by molar-refractivity contribution is 5.62. The lowest BCUT2D eigenvalue weighted by Crippen LogP contribution is -2.08. The fourth-order valence-corrected chi connectivity index (χ4v) is 1.51. The Labute approximate surface area is 106 Å². The van der Waals surface area contributed by atoms with Crippen LogP contribution in [0.2, 0.25) is 0 Å². The van der Waals surface area contributed by atoms with Gasteiger partial charge in [0, 0.05) is 19.2 Å². The average molecular weight is 254 g/mol. The van der Waals surface area contributed by atoms with Crippen molar-refractivity contribution < 1.29 is 14.8 Å². The minimum absolute atomic E-state index is 0.0107. The number of nitrogens with zero attached hydrogens (tertiary/aromatic N) is 1. The molecule has 1 rings (SSSR count). The lowest BCUT2D eigenvalue weighted by atomic mass is 10.2. The Morgan fingerprint density at radius 3 is 2.89 bits per heavy atom. The number of hydrogen-bond donors (Lipinski definition) is 2. The maximum atomic E-state index is 10.8. The monoisotopic (exact) mass is 254 g/mol. The summed E-state index contributed by atoms with van der Waals surface area (Å²) in [5, 5.41) is 22.4. The number of hydrogen-bond acceptors (Lipinski definition) is 5. The van der Waals surface area contributed by atoms with E-state index in [1.807, 2.05) is 6.92 Å². The maximum absolute atomic E-state index is 10.8. The quantitative estimate of drug-likeness (QED) is 0.419. The Kier molecular flexibility index (Phi) is 6.10. The van der Waals surface area contributed by atoms with Crippen molar-refractivity contribution in [3.63, 3.8) is 0 Å². The van der Waals surface area contributed by atoms with Crippen LogP contribution in [0.15, 0.2) is 18.2 Å². The van der Waals surface area contributed by atoms with Crippen molar-refractivity contribution in [3.05, 3.63) is 33.9 Å². The predicted molar refractivity (Wildman–Crippen MR) is 68.8 cm³/mol. The molecule has 6 heteroatoms. The summed E-state index contributed by atoms with van der Waals surface area (Å²) in [6.07, 6.45) is 0.727. The highest BCUT2D eigenvalue weighted by Gasteiger charge is 2.12. The first-order valence-corrected chi connectivity index (χ1v) is 5.82. The van der Waals surface area contributed by atoms with E-state index >= 15 is 0 Å². The van der Waals surface area contributed by atoms with Crippen molar-refractivity contribution in [1.82, 2.24) is 0 Å². The molecule has 1 aromatic carbocycles. The van der Waals surface area contributed by atoms with Gasteiger partial charge < -0.3 is 15.2 Å². The molecule has 0 amide bonds. The minimum Gasteiger partial charge on any atom is -0.394 e. The van der Waals surface area contributed by atoms with E-state index in [4.69, 9.17) is 9.84 Å². The molecule has 0 heterocycles. The molecule has 0 atom stereocenters. The summed E-state index contributed by atoms with van der Waals surface area (Å²) in [5.74, 6) is 0. The number of nitro benzene ring substituents is 1. The lowest BCUT2D eigenvalue weighted by Gasteiger charge is -2.08. The molecule has 0 aliphatic rings. The van der Waals surface area contributed by atoms with Gasteiger partial charge in [-0.1, -0.05) is 6.07 Å². The SMILES string of the molecule is Cc1ccc([N+](=O)[O-])c(NCCCOCCO)c1. The molecular weight excluding hydrogens is 236 g/mol. The van der Waals surface area contributed by atoms with Gasteiger partial charge in [-0.25, -0.2) is 0 Å². The molecule has 0 fully saturated rings. The molecule has 0 bridgehead atoms. The van der Waals surface area contributed by atoms with E-state index < -0.39 is 4.92 Å². The van der Waals surface area contributed by atoms with Gasteiger partial charge in [-0.15, -0.1) is 0 Å². The van der Waals surface area contributed by atoms with Gasteiger partial charge >= 0.3 is 0 Å². The van der Waals surface area contributed by atoms with E-state index in [9.17, 15) is 10.1 Å². The third kappa shape index (κ3) is 4.68. The van der Waals surface area contributed by atoms with Crippen LogP contribution in [-0.2, 0) is 4.74 Å². The van der Waals surface area contributed by atoms with Gasteiger partial charge in [-0.3, -0.25) is 10.1 Å². The van der Waals surface area contributed by atoms with Crippen molar-refractivity contribution in [2.24, 2.45) is 0 Å². The molecule has 18 heavy (non-hydrogen) atoms. The lowest BCUT2D eigenvalue weighted by molar-refractivity contribution is -0.384. The number of anilines is 1. The molecule has 0 aromatic heterocycles. The van der Waals surface area contributed by atoms with E-state index in [1.54, 1.807) is 12.1 Å². The van der Waals surface area contributed by atoms with Gasteiger partial charge in [0.2, 0.25) is 0 Å². The Morgan fingerprint density at radius 1 is 1.44 bits per heavy atom. The second-order valence-corrected chi connectivity index (χ2v) is 3.89. The predicted octanol–water partition coefficient (Wildman–Crippen LogP) is 1.71. The van der Waals surface area contributed by atoms with Crippen LogP contribution < -0.4 is 5.32 Å². The van der Waals surface area contributed by atoms with Gasteiger partial charge in [0.15, 0.2) is 0 Å². The summed E-state index contributed by atoms with van der Waals surface area (Å²) in [4.78, 5) is 10.4. The molecule has 0 spiro atoms. The molecule has 0 saturated carbocycles. The molecule has 0 saturated heterocycles. The standard InChI is InChI=1S/C12H18N2O4/c1-10-3-4-12(14(16)17)11(9-10)13-5-2-7-18-8-6-15/h3-4,9,13,15H,2,5-8H2,1H3. The Morgan fingerprint density at radius 2 is 2.22 bits per heavy atom. The molecule has 0 aliphatic heterocycles. The van der Waals surface area contributed by atoms with Crippen LogP contribution in [0, 0.1) is 17.0 Å². The number of nitrogens with one attached hydrogen (secondary N) is 1. The summed E-state index contributed by atoms with van der Waals surface area (Å²) in [7, 11) is 0. The van der Waals surface area contributed by atoms with Gasteiger partial charge in [0.05, 0.1) is 18.1 Å². The molecule has 6 nitrogen and oxygen atoms in total. The summed E-state index contributed by atoms with van der Waals surface area (Å²) in [6, 6.07) is 4.97. The highest BCUT2D eigenvalue weighted by Crippen LogP contribution is 2.24. The number of benzene rings is 1. The molecule has 2 N–H and O–H groups in total. The summed E-state index contributed by atoms with van der Waals surface area (Å²) in [6.45, 7) is 3.34. The van der Waals surface area contributed by atoms with Crippen LogP contribution >= 0.6 is 0 Å². The van der Waals surface area contributed by atoms with Gasteiger partial charge in [-0.2, -0.15) is 0 Å². The molecule has 1 aromatic rings. The highest BCUT2D eigenvalue weighted by atomic mass is 16.6. The number of aryl methyl sites for hydroxylation is 1. The van der Waals surface area contributed by atoms with Crippen molar-refractivity contribution in [1.29, 1.82) is 0 Å². The fourth-order valence-electron chi connectivity index (χ4n) is 1.51. The van der Waals surface area contributed by atoms with Gasteiger partial charge in [-0.05, 0) is 25.0 Å². The Bertz CT molecular complexity index is 396. The first-order chi connectivity index (χ1) is 8.65. The number of ether oxygens (including phenoxy) is 1. The number of aliphatic hydroxyl groups excluding tert-OH is 1. The second-order valence-electron chi connectivity index (χ2n) is 3.89. The largest absolute Gasteiger partial charge is 0.394 e. The molecule has 0 unspecified atom stereocenters. The topological polar surface area (TPSA) is 84.6 Å². The average Bonchev–Trinajstić information content (AvgIpc) is 2.33. The first-order valence-electron chi connectivity index (χ1n) is 5.82. The van der Waals surface area contributed by atoms with Crippen molar-refractivity contribution >= 4 is 11.4 Å².